The molecule has 2 heterocycles. The Morgan fingerprint density at radius 2 is 2.09 bits per heavy atom. The zero-order chi connectivity index (χ0) is 16.4. The number of hydrogen-bond donors (Lipinski definition) is 1. The smallest absolute Gasteiger partial charge is 0.225 e. The minimum atomic E-state index is -0.628. The van der Waals surface area contributed by atoms with Crippen LogP contribution in [0.3, 0.4) is 0 Å². The summed E-state index contributed by atoms with van der Waals surface area (Å²) in [4.78, 5) is 18.9. The largest absolute Gasteiger partial charge is 0.481 e. The van der Waals surface area contributed by atoms with Gasteiger partial charge in [-0.25, -0.2) is 4.98 Å². The van der Waals surface area contributed by atoms with Crippen LogP contribution in [0.25, 0.3) is 0 Å². The Hall–Kier alpha value is -1.62. The summed E-state index contributed by atoms with van der Waals surface area (Å²) in [6.45, 7) is 3.46. The maximum absolute atomic E-state index is 12.4. The van der Waals surface area contributed by atoms with Gasteiger partial charge in [-0.15, -0.1) is 0 Å². The van der Waals surface area contributed by atoms with Crippen LogP contribution in [0.4, 0.5) is 0 Å². The molecule has 1 saturated heterocycles. The van der Waals surface area contributed by atoms with Crippen molar-refractivity contribution in [3.63, 3.8) is 0 Å². The lowest BCUT2D eigenvalue weighted by atomic mass is 9.71. The number of piperidine rings is 1. The number of hydrogen-bond acceptors (Lipinski definition) is 4. The van der Waals surface area contributed by atoms with Crippen molar-refractivity contribution in [1.82, 2.24) is 9.88 Å². The highest BCUT2D eigenvalue weighted by Gasteiger charge is 2.44. The fourth-order valence-electron chi connectivity index (χ4n) is 3.77. The van der Waals surface area contributed by atoms with E-state index in [1.54, 1.807) is 7.11 Å². The molecule has 0 atom stereocenters. The van der Waals surface area contributed by atoms with E-state index in [-0.39, 0.29) is 11.8 Å². The fraction of sp³-hybridized carbons (Fsp3) is 0.667. The number of ether oxygens (including phenoxy) is 1. The minimum Gasteiger partial charge on any atom is -0.481 e. The zero-order valence-electron chi connectivity index (χ0n) is 14.0. The van der Waals surface area contributed by atoms with Crippen molar-refractivity contribution in [2.45, 2.75) is 44.6 Å². The number of aromatic nitrogens is 1. The molecule has 0 aromatic carbocycles. The number of nitrogens with zero attached hydrogens (tertiary/aromatic N) is 2. The predicted octanol–water partition coefficient (Wildman–Crippen LogP) is 2.03. The normalized spacial score (nSPS) is 28.3. The second-order valence-electron chi connectivity index (χ2n) is 7.25. The Balaban J connectivity index is 1.47. The number of pyridine rings is 1. The molecule has 1 saturated carbocycles. The van der Waals surface area contributed by atoms with Crippen LogP contribution in [0, 0.1) is 11.8 Å². The molecule has 126 valence electrons. The van der Waals surface area contributed by atoms with Gasteiger partial charge in [-0.05, 0) is 51.0 Å². The highest BCUT2D eigenvalue weighted by atomic mass is 16.5. The third kappa shape index (κ3) is 3.83. The molecule has 0 unspecified atom stereocenters. The van der Waals surface area contributed by atoms with Crippen molar-refractivity contribution >= 4 is 5.91 Å². The summed E-state index contributed by atoms with van der Waals surface area (Å²) >= 11 is 0. The van der Waals surface area contributed by atoms with Gasteiger partial charge in [0.15, 0.2) is 0 Å². The molecule has 1 aliphatic heterocycles. The van der Waals surface area contributed by atoms with Crippen molar-refractivity contribution < 1.29 is 14.6 Å². The van der Waals surface area contributed by atoms with Crippen LogP contribution in [-0.2, 0) is 11.2 Å². The van der Waals surface area contributed by atoms with E-state index in [0.29, 0.717) is 24.6 Å². The predicted molar refractivity (Wildman–Crippen MR) is 87.1 cm³/mol. The number of carbonyl (C=O) groups is 1. The number of rotatable bonds is 4. The Morgan fingerprint density at radius 1 is 1.39 bits per heavy atom. The number of likely N-dealkylation sites (tertiary alicyclic amines) is 1. The van der Waals surface area contributed by atoms with Crippen LogP contribution >= 0.6 is 0 Å². The average molecular weight is 318 g/mol. The molecule has 0 bridgehead atoms. The van der Waals surface area contributed by atoms with Gasteiger partial charge in [0.25, 0.3) is 0 Å². The van der Waals surface area contributed by atoms with Gasteiger partial charge >= 0.3 is 0 Å². The first-order valence-electron chi connectivity index (χ1n) is 8.48. The summed E-state index contributed by atoms with van der Waals surface area (Å²) in [6, 6.07) is 5.87. The molecule has 1 aliphatic carbocycles. The summed E-state index contributed by atoms with van der Waals surface area (Å²) in [7, 11) is 1.63. The SMILES string of the molecule is COc1cccc(CC2CCN(C(=O)[C@H]3C[C@@](C)(O)C3)CC2)n1. The van der Waals surface area contributed by atoms with Crippen molar-refractivity contribution in [2.24, 2.45) is 11.8 Å². The second kappa shape index (κ2) is 6.48. The van der Waals surface area contributed by atoms with Gasteiger partial charge < -0.3 is 14.7 Å². The van der Waals surface area contributed by atoms with Crippen molar-refractivity contribution in [3.05, 3.63) is 23.9 Å². The fourth-order valence-corrected chi connectivity index (χ4v) is 3.77. The van der Waals surface area contributed by atoms with E-state index in [2.05, 4.69) is 4.98 Å². The van der Waals surface area contributed by atoms with Gasteiger partial charge in [0.2, 0.25) is 11.8 Å². The van der Waals surface area contributed by atoms with Crippen LogP contribution < -0.4 is 4.74 Å². The number of amides is 1. The Kier molecular flexibility index (Phi) is 4.57. The standard InChI is InChI=1S/C18H26N2O3/c1-18(22)11-14(12-18)17(21)20-8-6-13(7-9-20)10-15-4-3-5-16(19-15)23-2/h3-5,13-14,22H,6-12H2,1-2H3/t14-,18+. The highest BCUT2D eigenvalue weighted by Crippen LogP contribution is 2.39. The molecule has 1 aromatic heterocycles. The first-order valence-corrected chi connectivity index (χ1v) is 8.48. The highest BCUT2D eigenvalue weighted by molar-refractivity contribution is 5.80. The van der Waals surface area contributed by atoms with Gasteiger partial charge in [-0.1, -0.05) is 6.07 Å². The van der Waals surface area contributed by atoms with Gasteiger partial charge in [0.05, 0.1) is 12.7 Å². The third-order valence-electron chi connectivity index (χ3n) is 5.14. The average Bonchev–Trinajstić information content (AvgIpc) is 2.53. The molecule has 5 heteroatoms. The lowest BCUT2D eigenvalue weighted by Crippen LogP contribution is -2.51. The quantitative estimate of drug-likeness (QED) is 0.923. The van der Waals surface area contributed by atoms with Crippen molar-refractivity contribution in [1.29, 1.82) is 0 Å². The Bertz CT molecular complexity index is 557. The van der Waals surface area contributed by atoms with E-state index < -0.39 is 5.60 Å². The molecule has 3 rings (SSSR count). The van der Waals surface area contributed by atoms with Crippen molar-refractivity contribution in [2.75, 3.05) is 20.2 Å². The lowest BCUT2D eigenvalue weighted by molar-refractivity contribution is -0.151. The topological polar surface area (TPSA) is 62.7 Å². The summed E-state index contributed by atoms with van der Waals surface area (Å²) in [5, 5.41) is 9.79. The molecule has 23 heavy (non-hydrogen) atoms. The molecular weight excluding hydrogens is 292 g/mol. The summed E-state index contributed by atoms with van der Waals surface area (Å²) in [5.74, 6) is 1.49. The Morgan fingerprint density at radius 3 is 2.70 bits per heavy atom. The molecule has 1 amide bonds. The maximum atomic E-state index is 12.4. The summed E-state index contributed by atoms with van der Waals surface area (Å²) in [6.07, 6.45) is 4.21. The van der Waals surface area contributed by atoms with E-state index in [1.165, 1.54) is 0 Å². The third-order valence-corrected chi connectivity index (χ3v) is 5.14. The van der Waals surface area contributed by atoms with E-state index in [1.807, 2.05) is 30.0 Å². The molecule has 0 radical (unpaired) electrons. The molecule has 2 fully saturated rings. The van der Waals surface area contributed by atoms with Gasteiger partial charge in [-0.3, -0.25) is 4.79 Å². The number of carbonyl (C=O) groups excluding carboxylic acids is 1. The molecule has 5 nitrogen and oxygen atoms in total. The van der Waals surface area contributed by atoms with Gasteiger partial charge in [-0.2, -0.15) is 0 Å². The van der Waals surface area contributed by atoms with Crippen LogP contribution in [-0.4, -0.2) is 46.7 Å². The van der Waals surface area contributed by atoms with Gasteiger partial charge in [0, 0.05) is 30.8 Å². The lowest BCUT2D eigenvalue weighted by Gasteiger charge is -2.43. The zero-order valence-corrected chi connectivity index (χ0v) is 14.0. The van der Waals surface area contributed by atoms with E-state index in [0.717, 1.165) is 38.0 Å². The van der Waals surface area contributed by atoms with E-state index in [4.69, 9.17) is 4.74 Å². The van der Waals surface area contributed by atoms with E-state index >= 15 is 0 Å². The van der Waals surface area contributed by atoms with Crippen LogP contribution in [0.1, 0.15) is 38.3 Å². The van der Waals surface area contributed by atoms with Crippen molar-refractivity contribution in [3.8, 4) is 5.88 Å². The molecular formula is C18H26N2O3. The molecule has 0 spiro atoms. The van der Waals surface area contributed by atoms with E-state index in [9.17, 15) is 9.90 Å². The summed E-state index contributed by atoms with van der Waals surface area (Å²) < 4.78 is 5.17. The number of methoxy groups -OCH3 is 1. The summed E-state index contributed by atoms with van der Waals surface area (Å²) in [5.41, 5.74) is 0.431. The van der Waals surface area contributed by atoms with Crippen LogP contribution in [0.5, 0.6) is 5.88 Å². The number of aliphatic hydroxyl groups is 1. The minimum absolute atomic E-state index is 0.0293. The van der Waals surface area contributed by atoms with Gasteiger partial charge in [0.1, 0.15) is 0 Å². The molecule has 1 aromatic rings. The molecule has 1 N–H and O–H groups in total. The molecule has 2 aliphatic rings. The Labute approximate surface area is 137 Å². The first kappa shape index (κ1) is 16.2. The van der Waals surface area contributed by atoms with Crippen LogP contribution in [0.2, 0.25) is 0 Å². The van der Waals surface area contributed by atoms with Crippen LogP contribution in [0.15, 0.2) is 18.2 Å². The second-order valence-corrected chi connectivity index (χ2v) is 7.25. The first-order chi connectivity index (χ1) is 11.0. The monoisotopic (exact) mass is 318 g/mol. The maximum Gasteiger partial charge on any atom is 0.225 e.